The van der Waals surface area contributed by atoms with Crippen molar-refractivity contribution in [2.45, 2.75) is 38.3 Å². The number of rotatable bonds is 11. The summed E-state index contributed by atoms with van der Waals surface area (Å²) in [6.45, 7) is 1.89. The summed E-state index contributed by atoms with van der Waals surface area (Å²) in [4.78, 5) is 26.6. The highest BCUT2D eigenvalue weighted by Crippen LogP contribution is 2.32. The molecule has 1 fully saturated rings. The van der Waals surface area contributed by atoms with Gasteiger partial charge in [-0.25, -0.2) is 13.6 Å². The number of unbranched alkanes of at least 4 members (excludes halogenated alkanes) is 1. The Morgan fingerprint density at radius 3 is 2.86 bits per heavy atom. The SMILES string of the molecule is NC(=O)c1c(OCc2c(F)cc3ccccc3c2F)nsc1NC(=O)NCCCCN1CCCC1CO. The highest BCUT2D eigenvalue weighted by atomic mass is 32.1. The van der Waals surface area contributed by atoms with Gasteiger partial charge in [-0.15, -0.1) is 0 Å². The van der Waals surface area contributed by atoms with Crippen molar-refractivity contribution in [2.24, 2.45) is 5.73 Å². The molecule has 0 bridgehead atoms. The van der Waals surface area contributed by atoms with E-state index >= 15 is 0 Å². The van der Waals surface area contributed by atoms with Gasteiger partial charge in [-0.05, 0) is 61.8 Å². The van der Waals surface area contributed by atoms with Crippen LogP contribution in [0.2, 0.25) is 0 Å². The molecular formula is C25H29F2N5O4S. The first-order valence-electron chi connectivity index (χ1n) is 12.1. The van der Waals surface area contributed by atoms with Gasteiger partial charge in [-0.3, -0.25) is 15.0 Å². The number of nitrogens with two attached hydrogens (primary N) is 1. The van der Waals surface area contributed by atoms with E-state index in [-0.39, 0.29) is 40.0 Å². The lowest BCUT2D eigenvalue weighted by Gasteiger charge is -2.22. The molecule has 1 aliphatic rings. The Morgan fingerprint density at radius 2 is 2.08 bits per heavy atom. The van der Waals surface area contributed by atoms with Crippen LogP contribution in [0.1, 0.15) is 41.6 Å². The number of aliphatic hydroxyl groups excluding tert-OH is 1. The summed E-state index contributed by atoms with van der Waals surface area (Å²) in [5.74, 6) is -2.67. The van der Waals surface area contributed by atoms with E-state index in [2.05, 4.69) is 19.9 Å². The Kier molecular flexibility index (Phi) is 8.85. The number of carbonyl (C=O) groups is 2. The fraction of sp³-hybridized carbons (Fsp3) is 0.400. The maximum atomic E-state index is 14.9. The number of likely N-dealkylation sites (tertiary alicyclic amines) is 1. The molecule has 1 unspecified atom stereocenters. The molecule has 0 saturated carbocycles. The van der Waals surface area contributed by atoms with Crippen molar-refractivity contribution in [1.29, 1.82) is 0 Å². The molecule has 1 aliphatic heterocycles. The van der Waals surface area contributed by atoms with E-state index in [1.807, 2.05) is 0 Å². The molecule has 9 nitrogen and oxygen atoms in total. The van der Waals surface area contributed by atoms with E-state index in [4.69, 9.17) is 10.5 Å². The number of hydrogen-bond acceptors (Lipinski definition) is 7. The number of ether oxygens (including phenoxy) is 1. The largest absolute Gasteiger partial charge is 0.471 e. The summed E-state index contributed by atoms with van der Waals surface area (Å²) in [5.41, 5.74) is 4.98. The lowest BCUT2D eigenvalue weighted by Crippen LogP contribution is -2.34. The third kappa shape index (κ3) is 6.32. The molecule has 4 rings (SSSR count). The summed E-state index contributed by atoms with van der Waals surface area (Å²) >= 11 is 0.777. The molecule has 12 heteroatoms. The number of halogens is 2. The molecule has 37 heavy (non-hydrogen) atoms. The van der Waals surface area contributed by atoms with Crippen molar-refractivity contribution in [3.63, 3.8) is 0 Å². The highest BCUT2D eigenvalue weighted by Gasteiger charge is 2.24. The van der Waals surface area contributed by atoms with Crippen LogP contribution in [0.15, 0.2) is 30.3 Å². The minimum Gasteiger partial charge on any atom is -0.471 e. The number of anilines is 1. The van der Waals surface area contributed by atoms with Gasteiger partial charge in [0.2, 0.25) is 5.88 Å². The fourth-order valence-electron chi connectivity index (χ4n) is 4.45. The molecule has 5 N–H and O–H groups in total. The van der Waals surface area contributed by atoms with E-state index in [0.29, 0.717) is 11.9 Å². The first-order chi connectivity index (χ1) is 17.9. The Hall–Kier alpha value is -3.35. The second kappa shape index (κ2) is 12.3. The van der Waals surface area contributed by atoms with Crippen LogP contribution in [-0.4, -0.2) is 58.6 Å². The molecule has 198 valence electrons. The third-order valence-electron chi connectivity index (χ3n) is 6.39. The Balaban J connectivity index is 1.32. The van der Waals surface area contributed by atoms with Gasteiger partial charge in [-0.2, -0.15) is 4.37 Å². The zero-order chi connectivity index (χ0) is 26.4. The lowest BCUT2D eigenvalue weighted by atomic mass is 10.1. The second-order valence-corrected chi connectivity index (χ2v) is 9.59. The van der Waals surface area contributed by atoms with E-state index in [9.17, 15) is 23.5 Å². The summed E-state index contributed by atoms with van der Waals surface area (Å²) in [6, 6.07) is 7.34. The van der Waals surface area contributed by atoms with Gasteiger partial charge < -0.3 is 20.9 Å². The zero-order valence-corrected chi connectivity index (χ0v) is 21.0. The average molecular weight is 534 g/mol. The minimum atomic E-state index is -0.900. The monoisotopic (exact) mass is 533 g/mol. The van der Waals surface area contributed by atoms with Crippen molar-refractivity contribution >= 4 is 39.2 Å². The van der Waals surface area contributed by atoms with Crippen LogP contribution >= 0.6 is 11.5 Å². The molecular weight excluding hydrogens is 504 g/mol. The molecule has 0 aliphatic carbocycles. The molecule has 1 atom stereocenters. The molecule has 0 spiro atoms. The summed E-state index contributed by atoms with van der Waals surface area (Å²) in [6.07, 6.45) is 3.70. The van der Waals surface area contributed by atoms with E-state index in [0.717, 1.165) is 50.3 Å². The van der Waals surface area contributed by atoms with Crippen LogP contribution in [-0.2, 0) is 6.61 Å². The summed E-state index contributed by atoms with van der Waals surface area (Å²) < 4.78 is 38.8. The molecule has 1 saturated heterocycles. The van der Waals surface area contributed by atoms with Gasteiger partial charge in [0.15, 0.2) is 0 Å². The number of fused-ring (bicyclic) bond motifs is 1. The predicted molar refractivity (Wildman–Crippen MR) is 137 cm³/mol. The molecule has 1 aromatic heterocycles. The van der Waals surface area contributed by atoms with Crippen molar-refractivity contribution in [3.05, 3.63) is 53.1 Å². The van der Waals surface area contributed by atoms with Gasteiger partial charge in [0.05, 0.1) is 12.2 Å². The number of aliphatic hydroxyl groups is 1. The molecule has 3 aromatic rings. The fourth-order valence-corrected chi connectivity index (χ4v) is 5.18. The zero-order valence-electron chi connectivity index (χ0n) is 20.1. The predicted octanol–water partition coefficient (Wildman–Crippen LogP) is 3.61. The lowest BCUT2D eigenvalue weighted by molar-refractivity contribution is 0.0996. The van der Waals surface area contributed by atoms with Crippen molar-refractivity contribution in [1.82, 2.24) is 14.6 Å². The van der Waals surface area contributed by atoms with Crippen LogP contribution < -0.4 is 21.1 Å². The molecule has 3 amide bonds. The molecule has 2 heterocycles. The topological polar surface area (TPSA) is 130 Å². The van der Waals surface area contributed by atoms with Gasteiger partial charge in [0, 0.05) is 18.0 Å². The molecule has 2 aromatic carbocycles. The van der Waals surface area contributed by atoms with Crippen molar-refractivity contribution in [2.75, 3.05) is 31.6 Å². The second-order valence-electron chi connectivity index (χ2n) is 8.82. The summed E-state index contributed by atoms with van der Waals surface area (Å²) in [7, 11) is 0. The number of primary amides is 1. The van der Waals surface area contributed by atoms with Gasteiger partial charge in [0.25, 0.3) is 5.91 Å². The van der Waals surface area contributed by atoms with E-state index < -0.39 is 30.2 Å². The number of hydrogen-bond donors (Lipinski definition) is 4. The minimum absolute atomic E-state index is 0.0716. The Labute approximate surface area is 216 Å². The number of urea groups is 1. The van der Waals surface area contributed by atoms with Crippen molar-refractivity contribution in [3.8, 4) is 5.88 Å². The first kappa shape index (κ1) is 26.7. The number of nitrogens with one attached hydrogen (secondary N) is 2. The average Bonchev–Trinajstić information content (AvgIpc) is 3.50. The quantitative estimate of drug-likeness (QED) is 0.279. The maximum Gasteiger partial charge on any atom is 0.319 e. The standard InChI is InChI=1S/C25H29F2N5O4S/c26-19-12-15-6-1-2-8-17(15)21(27)18(19)14-36-23-20(22(28)34)24(37-31-23)30-25(35)29-9-3-4-10-32-11-5-7-16(32)13-33/h1-2,6,8,12,16,33H,3-5,7,9-11,13-14H2,(H2,28,34)(H2,29,30,35). The smallest absolute Gasteiger partial charge is 0.319 e. The Bertz CT molecular complexity index is 1270. The van der Waals surface area contributed by atoms with Gasteiger partial charge >= 0.3 is 6.03 Å². The normalized spacial score (nSPS) is 15.7. The van der Waals surface area contributed by atoms with Gasteiger partial charge in [0.1, 0.15) is 28.8 Å². The third-order valence-corrected chi connectivity index (χ3v) is 7.13. The van der Waals surface area contributed by atoms with Crippen LogP contribution in [0.3, 0.4) is 0 Å². The van der Waals surface area contributed by atoms with Crippen LogP contribution in [0.25, 0.3) is 10.8 Å². The highest BCUT2D eigenvalue weighted by molar-refractivity contribution is 7.11. The van der Waals surface area contributed by atoms with Crippen LogP contribution in [0.4, 0.5) is 18.6 Å². The number of benzene rings is 2. The Morgan fingerprint density at radius 1 is 1.27 bits per heavy atom. The van der Waals surface area contributed by atoms with Gasteiger partial charge in [-0.1, -0.05) is 24.3 Å². The summed E-state index contributed by atoms with van der Waals surface area (Å²) in [5, 5.41) is 15.4. The van der Waals surface area contributed by atoms with Crippen LogP contribution in [0, 0.1) is 11.6 Å². The number of aromatic nitrogens is 1. The first-order valence-corrected chi connectivity index (χ1v) is 12.8. The van der Waals surface area contributed by atoms with E-state index in [1.165, 1.54) is 12.1 Å². The van der Waals surface area contributed by atoms with E-state index in [1.54, 1.807) is 18.2 Å². The molecule has 0 radical (unpaired) electrons. The number of nitrogens with zero attached hydrogens (tertiary/aromatic N) is 2. The number of carbonyl (C=O) groups excluding carboxylic acids is 2. The van der Waals surface area contributed by atoms with Crippen LogP contribution in [0.5, 0.6) is 5.88 Å². The number of amides is 3. The maximum absolute atomic E-state index is 14.9. The van der Waals surface area contributed by atoms with Crippen molar-refractivity contribution < 1.29 is 28.2 Å².